The number of rotatable bonds is 5. The maximum absolute atomic E-state index is 13.0. The van der Waals surface area contributed by atoms with Crippen molar-refractivity contribution in [1.29, 1.82) is 0 Å². The van der Waals surface area contributed by atoms with Crippen molar-refractivity contribution in [3.63, 3.8) is 0 Å². The number of aromatic nitrogens is 2. The predicted molar refractivity (Wildman–Crippen MR) is 101 cm³/mol. The Morgan fingerprint density at radius 3 is 2.54 bits per heavy atom. The van der Waals surface area contributed by atoms with Crippen LogP contribution in [0.4, 0.5) is 13.2 Å². The maximum Gasteiger partial charge on any atom is 0.416 e. The molecule has 0 fully saturated rings. The van der Waals surface area contributed by atoms with Crippen LogP contribution in [0.25, 0.3) is 11.0 Å². The first kappa shape index (κ1) is 20.6. The van der Waals surface area contributed by atoms with E-state index in [1.54, 1.807) is 24.5 Å². The van der Waals surface area contributed by atoms with Gasteiger partial charge in [0, 0.05) is 11.6 Å². The molecule has 0 bridgehead atoms. The summed E-state index contributed by atoms with van der Waals surface area (Å²) < 4.78 is 68.4. The number of imidazole rings is 1. The van der Waals surface area contributed by atoms with Crippen molar-refractivity contribution in [2.45, 2.75) is 37.5 Å². The Morgan fingerprint density at radius 2 is 1.93 bits per heavy atom. The number of hydrogen-bond acceptors (Lipinski definition) is 3. The zero-order valence-corrected chi connectivity index (χ0v) is 16.5. The molecule has 3 rings (SSSR count). The highest BCUT2D eigenvalue weighted by Gasteiger charge is 2.31. The van der Waals surface area contributed by atoms with E-state index < -0.39 is 27.8 Å². The molecule has 0 saturated heterocycles. The van der Waals surface area contributed by atoms with Gasteiger partial charge in [-0.2, -0.15) is 13.2 Å². The van der Waals surface area contributed by atoms with Gasteiger partial charge in [-0.15, -0.1) is 0 Å². The van der Waals surface area contributed by atoms with Crippen LogP contribution in [0.5, 0.6) is 0 Å². The van der Waals surface area contributed by atoms with Crippen LogP contribution in [-0.4, -0.2) is 18.0 Å². The lowest BCUT2D eigenvalue weighted by Gasteiger charge is -2.16. The Bertz CT molecular complexity index is 1130. The van der Waals surface area contributed by atoms with Crippen molar-refractivity contribution in [3.05, 3.63) is 58.9 Å². The third kappa shape index (κ3) is 4.01. The summed E-state index contributed by atoms with van der Waals surface area (Å²) in [6, 6.07) is 8.28. The maximum atomic E-state index is 13.0. The lowest BCUT2D eigenvalue weighted by Crippen LogP contribution is -2.28. The average Bonchev–Trinajstić information content (AvgIpc) is 2.98. The molecule has 1 unspecified atom stereocenters. The van der Waals surface area contributed by atoms with Gasteiger partial charge in [-0.3, -0.25) is 0 Å². The summed E-state index contributed by atoms with van der Waals surface area (Å²) in [5.74, 6) is 0.322. The van der Waals surface area contributed by atoms with Gasteiger partial charge in [0.05, 0.1) is 27.5 Å². The molecule has 0 amide bonds. The van der Waals surface area contributed by atoms with Gasteiger partial charge in [-0.05, 0) is 50.2 Å². The fraction of sp³-hybridized carbons (Fsp3) is 0.278. The average molecular weight is 432 g/mol. The summed E-state index contributed by atoms with van der Waals surface area (Å²) in [4.78, 5) is 4.34. The van der Waals surface area contributed by atoms with Gasteiger partial charge >= 0.3 is 6.18 Å². The fourth-order valence-electron chi connectivity index (χ4n) is 2.97. The quantitative estimate of drug-likeness (QED) is 0.633. The first-order valence-electron chi connectivity index (χ1n) is 8.38. The van der Waals surface area contributed by atoms with Crippen LogP contribution < -0.4 is 4.72 Å². The first-order chi connectivity index (χ1) is 13.0. The lowest BCUT2D eigenvalue weighted by molar-refractivity contribution is -0.137. The summed E-state index contributed by atoms with van der Waals surface area (Å²) in [5, 5.41) is 0.274. The van der Waals surface area contributed by atoms with Crippen LogP contribution in [0.2, 0.25) is 5.02 Å². The minimum atomic E-state index is -4.48. The minimum Gasteiger partial charge on any atom is -0.327 e. The van der Waals surface area contributed by atoms with Gasteiger partial charge in [0.25, 0.3) is 0 Å². The molecule has 5 nitrogen and oxygen atoms in total. The summed E-state index contributed by atoms with van der Waals surface area (Å²) in [5.41, 5.74) is -0.131. The molecule has 1 aromatic heterocycles. The number of alkyl halides is 3. The number of halogens is 4. The van der Waals surface area contributed by atoms with Crippen LogP contribution in [0.3, 0.4) is 0 Å². The van der Waals surface area contributed by atoms with Crippen molar-refractivity contribution < 1.29 is 21.6 Å². The van der Waals surface area contributed by atoms with Gasteiger partial charge < -0.3 is 4.57 Å². The van der Waals surface area contributed by atoms with Gasteiger partial charge in [-0.1, -0.05) is 17.7 Å². The molecule has 3 aromatic rings. The van der Waals surface area contributed by atoms with Gasteiger partial charge in [-0.25, -0.2) is 18.1 Å². The third-order valence-electron chi connectivity index (χ3n) is 4.25. The topological polar surface area (TPSA) is 64.0 Å². The molecule has 0 saturated carbocycles. The second-order valence-electron chi connectivity index (χ2n) is 6.22. The molecule has 10 heteroatoms. The molecule has 0 aliphatic rings. The van der Waals surface area contributed by atoms with E-state index in [0.29, 0.717) is 23.4 Å². The number of nitrogens with zero attached hydrogens (tertiary/aromatic N) is 2. The molecule has 0 aliphatic heterocycles. The minimum absolute atomic E-state index is 0.00892. The van der Waals surface area contributed by atoms with E-state index in [-0.39, 0.29) is 9.92 Å². The zero-order chi connectivity index (χ0) is 20.7. The first-order valence-corrected chi connectivity index (χ1v) is 10.2. The van der Waals surface area contributed by atoms with E-state index in [0.717, 1.165) is 12.1 Å². The summed E-state index contributed by atoms with van der Waals surface area (Å²) in [6.07, 6.45) is -4.48. The van der Waals surface area contributed by atoms with E-state index >= 15 is 0 Å². The molecule has 1 atom stereocenters. The van der Waals surface area contributed by atoms with Crippen molar-refractivity contribution in [3.8, 4) is 0 Å². The monoisotopic (exact) mass is 431 g/mol. The molecule has 2 aromatic carbocycles. The highest BCUT2D eigenvalue weighted by molar-refractivity contribution is 7.89. The second kappa shape index (κ2) is 7.38. The molecule has 1 heterocycles. The van der Waals surface area contributed by atoms with Gasteiger partial charge in [0.15, 0.2) is 0 Å². The van der Waals surface area contributed by atoms with Crippen molar-refractivity contribution in [2.24, 2.45) is 0 Å². The fourth-order valence-corrected chi connectivity index (χ4v) is 4.47. The predicted octanol–water partition coefficient (Wildman–Crippen LogP) is 4.77. The lowest BCUT2D eigenvalue weighted by atomic mass is 10.2. The van der Waals surface area contributed by atoms with E-state index in [4.69, 9.17) is 11.6 Å². The number of fused-ring (bicyclic) bond motifs is 1. The number of sulfonamides is 1. The number of aryl methyl sites for hydroxylation is 1. The normalized spacial score (nSPS) is 13.8. The van der Waals surface area contributed by atoms with Crippen molar-refractivity contribution >= 4 is 32.7 Å². The highest BCUT2D eigenvalue weighted by atomic mass is 35.5. The molecule has 1 N–H and O–H groups in total. The Hall–Kier alpha value is -2.10. The van der Waals surface area contributed by atoms with E-state index in [1.807, 2.05) is 0 Å². The second-order valence-corrected chi connectivity index (χ2v) is 8.37. The molecule has 28 heavy (non-hydrogen) atoms. The summed E-state index contributed by atoms with van der Waals surface area (Å²) >= 11 is 5.86. The smallest absolute Gasteiger partial charge is 0.327 e. The van der Waals surface area contributed by atoms with Gasteiger partial charge in [0.2, 0.25) is 10.0 Å². The number of nitrogens with one attached hydrogen (secondary N) is 1. The van der Waals surface area contributed by atoms with Crippen LogP contribution >= 0.6 is 11.6 Å². The van der Waals surface area contributed by atoms with E-state index in [9.17, 15) is 21.6 Å². The SMILES string of the molecule is CCn1c(C(C)NS(=O)(=O)c2cccc(Cl)c2)nc2ccc(C(F)(F)F)cc21. The molecule has 150 valence electrons. The van der Waals surface area contributed by atoms with Crippen LogP contribution in [0.1, 0.15) is 31.3 Å². The third-order valence-corrected chi connectivity index (χ3v) is 6.02. The molecule has 0 aliphatic carbocycles. The van der Waals surface area contributed by atoms with E-state index in [2.05, 4.69) is 9.71 Å². The number of benzene rings is 2. The van der Waals surface area contributed by atoms with Crippen molar-refractivity contribution in [2.75, 3.05) is 0 Å². The standard InChI is InChI=1S/C18H17ClF3N3O2S/c1-3-25-16-9-12(18(20,21)22)7-8-15(16)23-17(25)11(2)24-28(26,27)14-6-4-5-13(19)10-14/h4-11,24H,3H2,1-2H3. The Kier molecular flexibility index (Phi) is 5.44. The van der Waals surface area contributed by atoms with Gasteiger partial charge in [0.1, 0.15) is 5.82 Å². The van der Waals surface area contributed by atoms with E-state index in [1.165, 1.54) is 24.3 Å². The summed E-state index contributed by atoms with van der Waals surface area (Å²) in [6.45, 7) is 3.67. The molecular weight excluding hydrogens is 415 g/mol. The molecule has 0 radical (unpaired) electrons. The van der Waals surface area contributed by atoms with Crippen LogP contribution in [0, 0.1) is 0 Å². The van der Waals surface area contributed by atoms with Crippen LogP contribution in [-0.2, 0) is 22.7 Å². The zero-order valence-electron chi connectivity index (χ0n) is 15.0. The molecular formula is C18H17ClF3N3O2S. The summed E-state index contributed by atoms with van der Waals surface area (Å²) in [7, 11) is -3.89. The molecule has 0 spiro atoms. The Balaban J connectivity index is 2.00. The van der Waals surface area contributed by atoms with Crippen LogP contribution in [0.15, 0.2) is 47.4 Å². The highest BCUT2D eigenvalue weighted by Crippen LogP contribution is 2.32. The van der Waals surface area contributed by atoms with Crippen molar-refractivity contribution in [1.82, 2.24) is 14.3 Å². The number of hydrogen-bond donors (Lipinski definition) is 1. The largest absolute Gasteiger partial charge is 0.416 e. The Morgan fingerprint density at radius 1 is 1.21 bits per heavy atom. The Labute approximate surface area is 165 Å².